The van der Waals surface area contributed by atoms with Gasteiger partial charge in [0, 0.05) is 15.1 Å². The van der Waals surface area contributed by atoms with Gasteiger partial charge in [-0.15, -0.1) is 11.3 Å². The molecular formula is C24H13Cl2FN2OS. The van der Waals surface area contributed by atoms with Crippen molar-refractivity contribution in [1.29, 1.82) is 0 Å². The van der Waals surface area contributed by atoms with Crippen LogP contribution in [-0.2, 0) is 4.79 Å². The Morgan fingerprint density at radius 3 is 2.35 bits per heavy atom. The molecule has 0 spiro atoms. The third-order valence-electron chi connectivity index (χ3n) is 4.86. The quantitative estimate of drug-likeness (QED) is 0.294. The Morgan fingerprint density at radius 2 is 1.65 bits per heavy atom. The fourth-order valence-electron chi connectivity index (χ4n) is 3.37. The number of amidine groups is 1. The van der Waals surface area contributed by atoms with Crippen molar-refractivity contribution in [3.63, 3.8) is 0 Å². The van der Waals surface area contributed by atoms with E-state index in [2.05, 4.69) is 4.99 Å². The van der Waals surface area contributed by atoms with Crippen molar-refractivity contribution in [2.45, 2.75) is 0 Å². The summed E-state index contributed by atoms with van der Waals surface area (Å²) < 4.78 is 14.3. The minimum Gasteiger partial charge on any atom is -0.266 e. The maximum absolute atomic E-state index is 13.4. The summed E-state index contributed by atoms with van der Waals surface area (Å²) in [5.74, 6) is -0.189. The van der Waals surface area contributed by atoms with Gasteiger partial charge in [-0.3, -0.25) is 9.69 Å². The number of nitrogens with zero attached hydrogens (tertiary/aromatic N) is 2. The zero-order valence-corrected chi connectivity index (χ0v) is 18.2. The van der Waals surface area contributed by atoms with Gasteiger partial charge >= 0.3 is 0 Å². The number of carbonyl (C=O) groups excluding carboxylic acids is 1. The summed E-state index contributed by atoms with van der Waals surface area (Å²) in [6, 6.07) is 20.6. The molecule has 1 amide bonds. The van der Waals surface area contributed by atoms with Crippen LogP contribution in [0.1, 0.15) is 10.4 Å². The van der Waals surface area contributed by atoms with Crippen molar-refractivity contribution >= 4 is 68.1 Å². The zero-order valence-electron chi connectivity index (χ0n) is 15.9. The maximum Gasteiger partial charge on any atom is 0.282 e. The van der Waals surface area contributed by atoms with Gasteiger partial charge in [0.25, 0.3) is 5.91 Å². The van der Waals surface area contributed by atoms with Gasteiger partial charge in [0.2, 0.25) is 0 Å². The lowest BCUT2D eigenvalue weighted by Gasteiger charge is -2.18. The molecule has 0 saturated heterocycles. The standard InChI is InChI=1S/C24H13Cl2FN2OS/c25-15-7-11-17(12-8-15)29-23(22-21(26)18-3-1-2-4-20(18)31-22)28-19(24(29)30)13-14-5-9-16(27)10-6-14/h1-13H/b19-13+. The maximum atomic E-state index is 13.4. The molecule has 0 fully saturated rings. The number of fused-ring (bicyclic) bond motifs is 1. The number of rotatable bonds is 3. The smallest absolute Gasteiger partial charge is 0.266 e. The van der Waals surface area contributed by atoms with Crippen LogP contribution < -0.4 is 4.90 Å². The van der Waals surface area contributed by atoms with Gasteiger partial charge in [0.1, 0.15) is 11.5 Å². The molecular weight excluding hydrogens is 454 g/mol. The first kappa shape index (κ1) is 19.9. The van der Waals surface area contributed by atoms with E-state index < -0.39 is 0 Å². The molecule has 152 valence electrons. The molecule has 0 bridgehead atoms. The number of carbonyl (C=O) groups is 1. The molecule has 5 rings (SSSR count). The van der Waals surface area contributed by atoms with Crippen molar-refractivity contribution in [1.82, 2.24) is 0 Å². The summed E-state index contributed by atoms with van der Waals surface area (Å²) in [6.07, 6.45) is 1.64. The number of amides is 1. The first-order valence-electron chi connectivity index (χ1n) is 9.34. The van der Waals surface area contributed by atoms with Crippen LogP contribution in [0.4, 0.5) is 10.1 Å². The molecule has 0 saturated carbocycles. The summed E-state index contributed by atoms with van der Waals surface area (Å²) in [5, 5.41) is 2.02. The molecule has 3 nitrogen and oxygen atoms in total. The number of anilines is 1. The molecule has 4 aromatic rings. The van der Waals surface area contributed by atoms with Crippen molar-refractivity contribution in [3.05, 3.63) is 105 Å². The Hall–Kier alpha value is -2.99. The molecule has 31 heavy (non-hydrogen) atoms. The number of benzene rings is 3. The average molecular weight is 467 g/mol. The van der Waals surface area contributed by atoms with E-state index in [1.54, 1.807) is 42.5 Å². The third-order valence-corrected chi connectivity index (χ3v) is 6.78. The molecule has 7 heteroatoms. The fourth-order valence-corrected chi connectivity index (χ4v) is 4.99. The van der Waals surface area contributed by atoms with Crippen LogP contribution in [-0.4, -0.2) is 11.7 Å². The topological polar surface area (TPSA) is 32.7 Å². The van der Waals surface area contributed by atoms with Gasteiger partial charge in [0.05, 0.1) is 15.6 Å². The molecule has 2 heterocycles. The zero-order chi connectivity index (χ0) is 21.5. The number of hydrogen-bond donors (Lipinski definition) is 0. The van der Waals surface area contributed by atoms with Crippen molar-refractivity contribution < 1.29 is 9.18 Å². The molecule has 0 radical (unpaired) electrons. The van der Waals surface area contributed by atoms with Crippen LogP contribution in [0, 0.1) is 5.82 Å². The Bertz CT molecular complexity index is 1380. The van der Waals surface area contributed by atoms with Crippen molar-refractivity contribution in [2.75, 3.05) is 4.90 Å². The summed E-state index contributed by atoms with van der Waals surface area (Å²) in [6.45, 7) is 0. The predicted molar refractivity (Wildman–Crippen MR) is 127 cm³/mol. The second-order valence-electron chi connectivity index (χ2n) is 6.87. The highest BCUT2D eigenvalue weighted by Gasteiger charge is 2.34. The molecule has 3 aromatic carbocycles. The minimum absolute atomic E-state index is 0.241. The molecule has 1 aliphatic rings. The monoisotopic (exact) mass is 466 g/mol. The van der Waals surface area contributed by atoms with Crippen molar-refractivity contribution in [3.8, 4) is 0 Å². The van der Waals surface area contributed by atoms with Gasteiger partial charge in [-0.1, -0.05) is 53.5 Å². The highest BCUT2D eigenvalue weighted by Crippen LogP contribution is 2.39. The van der Waals surface area contributed by atoms with E-state index in [9.17, 15) is 9.18 Å². The van der Waals surface area contributed by atoms with Crippen LogP contribution in [0.5, 0.6) is 0 Å². The van der Waals surface area contributed by atoms with Crippen molar-refractivity contribution in [2.24, 2.45) is 4.99 Å². The Balaban J connectivity index is 1.68. The lowest BCUT2D eigenvalue weighted by atomic mass is 10.2. The number of aliphatic imine (C=N–C) groups is 1. The Kier molecular flexibility index (Phi) is 5.10. The van der Waals surface area contributed by atoms with E-state index in [4.69, 9.17) is 23.2 Å². The lowest BCUT2D eigenvalue weighted by Crippen LogP contribution is -2.32. The predicted octanol–water partition coefficient (Wildman–Crippen LogP) is 7.18. The van der Waals surface area contributed by atoms with Crippen LogP contribution in [0.2, 0.25) is 10.0 Å². The van der Waals surface area contributed by atoms with E-state index in [0.717, 1.165) is 10.1 Å². The Labute approximate surface area is 191 Å². The van der Waals surface area contributed by atoms with Crippen LogP contribution >= 0.6 is 34.5 Å². The van der Waals surface area contributed by atoms with Gasteiger partial charge in [-0.05, 0) is 54.1 Å². The van der Waals surface area contributed by atoms with Gasteiger partial charge in [-0.2, -0.15) is 0 Å². The first-order chi connectivity index (χ1) is 15.0. The van der Waals surface area contributed by atoms with Gasteiger partial charge in [0.15, 0.2) is 5.84 Å². The van der Waals surface area contributed by atoms with Crippen LogP contribution in [0.3, 0.4) is 0 Å². The van der Waals surface area contributed by atoms with Crippen LogP contribution in [0.15, 0.2) is 83.5 Å². The molecule has 0 aliphatic carbocycles. The number of hydrogen-bond acceptors (Lipinski definition) is 3. The van der Waals surface area contributed by atoms with E-state index in [1.807, 2.05) is 24.3 Å². The van der Waals surface area contributed by atoms with Gasteiger partial charge in [-0.25, -0.2) is 9.38 Å². The molecule has 0 unspecified atom stereocenters. The summed E-state index contributed by atoms with van der Waals surface area (Å²) >= 11 is 14.2. The highest BCUT2D eigenvalue weighted by molar-refractivity contribution is 7.21. The average Bonchev–Trinajstić information content (AvgIpc) is 3.28. The highest BCUT2D eigenvalue weighted by atomic mass is 35.5. The van der Waals surface area contributed by atoms with E-state index in [0.29, 0.717) is 32.0 Å². The molecule has 1 aromatic heterocycles. The van der Waals surface area contributed by atoms with Gasteiger partial charge < -0.3 is 0 Å². The minimum atomic E-state index is -0.344. The molecule has 0 atom stereocenters. The normalized spacial score (nSPS) is 15.2. The SMILES string of the molecule is O=C1/C(=C\c2ccc(F)cc2)N=C(c2sc3ccccc3c2Cl)N1c1ccc(Cl)cc1. The summed E-state index contributed by atoms with van der Waals surface area (Å²) in [5.41, 5.74) is 1.54. The van der Waals surface area contributed by atoms with Crippen LogP contribution in [0.25, 0.3) is 16.2 Å². The number of halogens is 3. The lowest BCUT2D eigenvalue weighted by molar-refractivity contribution is -0.113. The van der Waals surface area contributed by atoms with E-state index in [-0.39, 0.29) is 17.4 Å². The summed E-state index contributed by atoms with van der Waals surface area (Å²) in [7, 11) is 0. The third kappa shape index (κ3) is 3.65. The van der Waals surface area contributed by atoms with E-state index in [1.165, 1.54) is 28.4 Å². The second kappa shape index (κ2) is 7.93. The number of thiophene rings is 1. The Morgan fingerprint density at radius 1 is 0.935 bits per heavy atom. The fraction of sp³-hybridized carbons (Fsp3) is 0. The van der Waals surface area contributed by atoms with E-state index >= 15 is 0 Å². The molecule has 0 N–H and O–H groups in total. The first-order valence-corrected chi connectivity index (χ1v) is 10.9. The largest absolute Gasteiger partial charge is 0.282 e. The molecule has 1 aliphatic heterocycles. The second-order valence-corrected chi connectivity index (χ2v) is 8.74. The summed E-state index contributed by atoms with van der Waals surface area (Å²) in [4.78, 5) is 20.2.